The molecule has 1 aliphatic heterocycles. The zero-order valence-corrected chi connectivity index (χ0v) is 17.1. The van der Waals surface area contributed by atoms with Gasteiger partial charge in [0.15, 0.2) is 5.65 Å². The van der Waals surface area contributed by atoms with Crippen molar-refractivity contribution in [2.75, 3.05) is 40.8 Å². The smallest absolute Gasteiger partial charge is 0.255 e. The van der Waals surface area contributed by atoms with E-state index in [2.05, 4.69) is 35.0 Å². The Morgan fingerprint density at radius 3 is 2.86 bits per heavy atom. The molecule has 8 heteroatoms. The number of amides is 1. The SMILES string of the molecule is COc1ccc(C(=O)N2CC[C@@H](c3nn(CCN(C)C)c4ncccc34)C2)cn1. The predicted molar refractivity (Wildman–Crippen MR) is 110 cm³/mol. The number of ether oxygens (including phenoxy) is 1. The van der Waals surface area contributed by atoms with Crippen LogP contribution in [-0.4, -0.2) is 76.3 Å². The molecular weight excluding hydrogens is 368 g/mol. The molecule has 1 aliphatic rings. The van der Waals surface area contributed by atoms with Crippen molar-refractivity contribution in [3.63, 3.8) is 0 Å². The second-order valence-corrected chi connectivity index (χ2v) is 7.61. The highest BCUT2D eigenvalue weighted by Crippen LogP contribution is 2.32. The van der Waals surface area contributed by atoms with Crippen LogP contribution in [-0.2, 0) is 6.54 Å². The molecule has 0 N–H and O–H groups in total. The zero-order chi connectivity index (χ0) is 20.4. The summed E-state index contributed by atoms with van der Waals surface area (Å²) in [6.07, 6.45) is 4.27. The van der Waals surface area contributed by atoms with Crippen molar-refractivity contribution in [3.05, 3.63) is 47.9 Å². The fourth-order valence-electron chi connectivity index (χ4n) is 3.76. The minimum atomic E-state index is -0.00266. The highest BCUT2D eigenvalue weighted by Gasteiger charge is 2.31. The summed E-state index contributed by atoms with van der Waals surface area (Å²) in [5, 5.41) is 5.97. The molecule has 0 bridgehead atoms. The highest BCUT2D eigenvalue weighted by molar-refractivity contribution is 5.94. The van der Waals surface area contributed by atoms with Gasteiger partial charge in [-0.2, -0.15) is 5.10 Å². The molecule has 8 nitrogen and oxygen atoms in total. The maximum Gasteiger partial charge on any atom is 0.255 e. The standard InChI is InChI=1S/C21H26N6O2/c1-25(2)11-12-27-20-17(5-4-9-22-20)19(24-27)16-8-10-26(14-16)21(28)15-6-7-18(29-3)23-13-15/h4-7,9,13,16H,8,10-12,14H2,1-3H3/t16-/m1/s1. The second-order valence-electron chi connectivity index (χ2n) is 7.61. The van der Waals surface area contributed by atoms with E-state index < -0.39 is 0 Å². The molecular formula is C21H26N6O2. The van der Waals surface area contributed by atoms with Crippen LogP contribution in [0.15, 0.2) is 36.7 Å². The van der Waals surface area contributed by atoms with E-state index in [0.717, 1.165) is 36.2 Å². The van der Waals surface area contributed by atoms with Gasteiger partial charge < -0.3 is 14.5 Å². The van der Waals surface area contributed by atoms with Crippen LogP contribution < -0.4 is 4.74 Å². The zero-order valence-electron chi connectivity index (χ0n) is 17.1. The van der Waals surface area contributed by atoms with Crippen molar-refractivity contribution in [2.45, 2.75) is 18.9 Å². The average Bonchev–Trinajstić information content (AvgIpc) is 3.37. The molecule has 3 aromatic heterocycles. The van der Waals surface area contributed by atoms with Crippen molar-refractivity contribution in [3.8, 4) is 5.88 Å². The van der Waals surface area contributed by atoms with Crippen molar-refractivity contribution >= 4 is 16.9 Å². The fraction of sp³-hybridized carbons (Fsp3) is 0.429. The van der Waals surface area contributed by atoms with E-state index in [1.807, 2.05) is 15.6 Å². The third-order valence-corrected chi connectivity index (χ3v) is 5.35. The lowest BCUT2D eigenvalue weighted by Gasteiger charge is -2.16. The molecule has 1 amide bonds. The van der Waals surface area contributed by atoms with Gasteiger partial charge in [-0.25, -0.2) is 14.6 Å². The molecule has 0 spiro atoms. The third kappa shape index (κ3) is 3.93. The Labute approximate surface area is 170 Å². The van der Waals surface area contributed by atoms with Gasteiger partial charge in [0.25, 0.3) is 5.91 Å². The van der Waals surface area contributed by atoms with Crippen LogP contribution in [0, 0.1) is 0 Å². The molecule has 0 unspecified atom stereocenters. The Balaban J connectivity index is 1.54. The van der Waals surface area contributed by atoms with Crippen LogP contribution >= 0.6 is 0 Å². The Bertz CT molecular complexity index is 998. The Morgan fingerprint density at radius 2 is 2.14 bits per heavy atom. The lowest BCUT2D eigenvalue weighted by Crippen LogP contribution is -2.28. The summed E-state index contributed by atoms with van der Waals surface area (Å²) >= 11 is 0. The molecule has 1 fully saturated rings. The predicted octanol–water partition coefficient (Wildman–Crippen LogP) is 2.03. The molecule has 29 heavy (non-hydrogen) atoms. The molecule has 1 atom stereocenters. The summed E-state index contributed by atoms with van der Waals surface area (Å²) < 4.78 is 7.06. The van der Waals surface area contributed by atoms with E-state index in [4.69, 9.17) is 9.84 Å². The van der Waals surface area contributed by atoms with Gasteiger partial charge in [0, 0.05) is 49.4 Å². The van der Waals surface area contributed by atoms with Gasteiger partial charge in [-0.3, -0.25) is 4.79 Å². The molecule has 152 valence electrons. The van der Waals surface area contributed by atoms with E-state index in [1.165, 1.54) is 0 Å². The van der Waals surface area contributed by atoms with Gasteiger partial charge in [0.05, 0.1) is 24.9 Å². The first-order valence-electron chi connectivity index (χ1n) is 9.82. The molecule has 3 aromatic rings. The number of carbonyl (C=O) groups is 1. The normalized spacial score (nSPS) is 16.7. The number of pyridine rings is 2. The molecule has 4 heterocycles. The topological polar surface area (TPSA) is 76.4 Å². The maximum absolute atomic E-state index is 12.9. The molecule has 0 radical (unpaired) electrons. The van der Waals surface area contributed by atoms with Crippen molar-refractivity contribution in [2.24, 2.45) is 0 Å². The van der Waals surface area contributed by atoms with Crippen LogP contribution in [0.4, 0.5) is 0 Å². The van der Waals surface area contributed by atoms with E-state index in [-0.39, 0.29) is 11.8 Å². The van der Waals surface area contributed by atoms with Crippen LogP contribution in [0.2, 0.25) is 0 Å². The number of fused-ring (bicyclic) bond motifs is 1. The van der Waals surface area contributed by atoms with E-state index in [0.29, 0.717) is 24.5 Å². The first kappa shape index (κ1) is 19.3. The molecule has 1 saturated heterocycles. The van der Waals surface area contributed by atoms with Crippen LogP contribution in [0.5, 0.6) is 5.88 Å². The van der Waals surface area contributed by atoms with Crippen LogP contribution in [0.25, 0.3) is 11.0 Å². The van der Waals surface area contributed by atoms with E-state index in [9.17, 15) is 4.79 Å². The van der Waals surface area contributed by atoms with Crippen molar-refractivity contribution in [1.82, 2.24) is 29.5 Å². The monoisotopic (exact) mass is 394 g/mol. The Kier molecular flexibility index (Phi) is 5.44. The van der Waals surface area contributed by atoms with E-state index >= 15 is 0 Å². The Hall–Kier alpha value is -3.00. The van der Waals surface area contributed by atoms with Gasteiger partial charge in [0.1, 0.15) is 0 Å². The number of hydrogen-bond donors (Lipinski definition) is 0. The number of likely N-dealkylation sites (tertiary alicyclic amines) is 1. The van der Waals surface area contributed by atoms with Crippen molar-refractivity contribution < 1.29 is 9.53 Å². The summed E-state index contributed by atoms with van der Waals surface area (Å²) in [5.41, 5.74) is 2.53. The lowest BCUT2D eigenvalue weighted by molar-refractivity contribution is 0.0790. The number of hydrogen-bond acceptors (Lipinski definition) is 6. The summed E-state index contributed by atoms with van der Waals surface area (Å²) in [6.45, 7) is 3.04. The van der Waals surface area contributed by atoms with Gasteiger partial charge in [-0.05, 0) is 38.7 Å². The fourth-order valence-corrected chi connectivity index (χ4v) is 3.76. The van der Waals surface area contributed by atoms with Gasteiger partial charge in [0.2, 0.25) is 5.88 Å². The second kappa shape index (κ2) is 8.16. The first-order chi connectivity index (χ1) is 14.1. The molecule has 0 aromatic carbocycles. The maximum atomic E-state index is 12.9. The molecule has 0 aliphatic carbocycles. The van der Waals surface area contributed by atoms with Gasteiger partial charge in [-0.1, -0.05) is 0 Å². The average molecular weight is 394 g/mol. The minimum absolute atomic E-state index is 0.00266. The van der Waals surface area contributed by atoms with Gasteiger partial charge >= 0.3 is 0 Å². The number of methoxy groups -OCH3 is 1. The third-order valence-electron chi connectivity index (χ3n) is 5.35. The highest BCUT2D eigenvalue weighted by atomic mass is 16.5. The summed E-state index contributed by atoms with van der Waals surface area (Å²) in [5.74, 6) is 0.706. The molecule has 0 saturated carbocycles. The Morgan fingerprint density at radius 1 is 1.28 bits per heavy atom. The number of carbonyl (C=O) groups excluding carboxylic acids is 1. The molecule has 4 rings (SSSR count). The number of nitrogens with zero attached hydrogens (tertiary/aromatic N) is 6. The largest absolute Gasteiger partial charge is 0.481 e. The van der Waals surface area contributed by atoms with E-state index in [1.54, 1.807) is 31.6 Å². The summed E-state index contributed by atoms with van der Waals surface area (Å²) in [6, 6.07) is 7.50. The number of aromatic nitrogens is 4. The van der Waals surface area contributed by atoms with Gasteiger partial charge in [-0.15, -0.1) is 0 Å². The lowest BCUT2D eigenvalue weighted by atomic mass is 10.0. The number of rotatable bonds is 6. The first-order valence-corrected chi connectivity index (χ1v) is 9.82. The van der Waals surface area contributed by atoms with Crippen LogP contribution in [0.1, 0.15) is 28.4 Å². The van der Waals surface area contributed by atoms with Crippen molar-refractivity contribution in [1.29, 1.82) is 0 Å². The minimum Gasteiger partial charge on any atom is -0.481 e. The summed E-state index contributed by atoms with van der Waals surface area (Å²) in [4.78, 5) is 25.6. The number of likely N-dealkylation sites (N-methyl/N-ethyl adjacent to an activating group) is 1. The summed E-state index contributed by atoms with van der Waals surface area (Å²) in [7, 11) is 5.66. The quantitative estimate of drug-likeness (QED) is 0.637. The van der Waals surface area contributed by atoms with Crippen LogP contribution in [0.3, 0.4) is 0 Å².